The molecule has 0 aliphatic carbocycles. The molecule has 0 spiro atoms. The third-order valence-electron chi connectivity index (χ3n) is 5.46. The van der Waals surface area contributed by atoms with Crippen LogP contribution in [0.2, 0.25) is 0 Å². The van der Waals surface area contributed by atoms with Gasteiger partial charge in [-0.3, -0.25) is 19.6 Å². The molecular weight excluding hydrogens is 494 g/mol. The summed E-state index contributed by atoms with van der Waals surface area (Å²) in [7, 11) is 0. The number of benzene rings is 3. The van der Waals surface area contributed by atoms with Gasteiger partial charge in [0, 0.05) is 35.5 Å². The Bertz CT molecular complexity index is 1430. The number of aryl methyl sites for hydroxylation is 1. The maximum absolute atomic E-state index is 12.2. The summed E-state index contributed by atoms with van der Waals surface area (Å²) in [5, 5.41) is 17.1. The summed E-state index contributed by atoms with van der Waals surface area (Å²) in [6.45, 7) is 2.69. The molecule has 3 aromatic carbocycles. The summed E-state index contributed by atoms with van der Waals surface area (Å²) in [5.74, 6) is 9.94. The summed E-state index contributed by atoms with van der Waals surface area (Å²) in [6.07, 6.45) is 0. The van der Waals surface area contributed by atoms with E-state index in [1.54, 1.807) is 48.5 Å². The molecule has 3 rings (SSSR count). The lowest BCUT2D eigenvalue weighted by atomic mass is 10.1. The highest BCUT2D eigenvalue weighted by Crippen LogP contribution is 2.09. The van der Waals surface area contributed by atoms with E-state index in [0.717, 1.165) is 11.1 Å². The smallest absolute Gasteiger partial charge is 0.267 e. The number of hydroxylamine groups is 1. The van der Waals surface area contributed by atoms with Gasteiger partial charge in [-0.2, -0.15) is 0 Å². The Labute approximate surface area is 227 Å². The van der Waals surface area contributed by atoms with Crippen molar-refractivity contribution in [2.45, 2.75) is 19.5 Å². The molecule has 0 saturated heterocycles. The van der Waals surface area contributed by atoms with E-state index in [9.17, 15) is 14.4 Å². The van der Waals surface area contributed by atoms with Crippen LogP contribution in [-0.2, 0) is 16.1 Å². The lowest BCUT2D eigenvalue weighted by Crippen LogP contribution is -2.50. The molecule has 39 heavy (non-hydrogen) atoms. The Morgan fingerprint density at radius 2 is 1.56 bits per heavy atom. The zero-order valence-electron chi connectivity index (χ0n) is 21.4. The molecule has 9 nitrogen and oxygen atoms in total. The van der Waals surface area contributed by atoms with Gasteiger partial charge in [-0.25, -0.2) is 5.48 Å². The highest BCUT2D eigenvalue weighted by molar-refractivity contribution is 5.97. The zero-order valence-corrected chi connectivity index (χ0v) is 21.4. The summed E-state index contributed by atoms with van der Waals surface area (Å²) < 4.78 is 0. The number of hydrogen-bond donors (Lipinski definition) is 6. The quantitative estimate of drug-likeness (QED) is 0.143. The topological polar surface area (TPSA) is 146 Å². The Balaban J connectivity index is 1.47. The molecule has 0 bridgehead atoms. The fraction of sp³-hybridized carbons (Fsp3) is 0.167. The summed E-state index contributed by atoms with van der Waals surface area (Å²) in [5.41, 5.74) is 11.6. The van der Waals surface area contributed by atoms with E-state index >= 15 is 0 Å². The maximum atomic E-state index is 12.2. The van der Waals surface area contributed by atoms with Crippen molar-refractivity contribution in [2.75, 3.05) is 18.4 Å². The van der Waals surface area contributed by atoms with E-state index in [1.165, 1.54) is 11.0 Å². The summed E-state index contributed by atoms with van der Waals surface area (Å²) in [6, 6.07) is 20.6. The first-order valence-corrected chi connectivity index (χ1v) is 12.1. The highest BCUT2D eigenvalue weighted by Gasteiger charge is 2.19. The van der Waals surface area contributed by atoms with Crippen molar-refractivity contribution in [3.8, 4) is 23.7 Å². The van der Waals surface area contributed by atoms with Gasteiger partial charge in [0.1, 0.15) is 6.04 Å². The van der Waals surface area contributed by atoms with Gasteiger partial charge >= 0.3 is 0 Å². The molecule has 9 heteroatoms. The third-order valence-corrected chi connectivity index (χ3v) is 5.46. The van der Waals surface area contributed by atoms with Crippen LogP contribution in [-0.4, -0.2) is 42.1 Å². The van der Waals surface area contributed by atoms with Gasteiger partial charge in [-0.1, -0.05) is 41.7 Å². The van der Waals surface area contributed by atoms with Gasteiger partial charge in [0.15, 0.2) is 0 Å². The van der Waals surface area contributed by atoms with Crippen molar-refractivity contribution in [3.05, 3.63) is 101 Å². The van der Waals surface area contributed by atoms with E-state index in [4.69, 9.17) is 10.9 Å². The van der Waals surface area contributed by atoms with Gasteiger partial charge in [0.05, 0.1) is 6.54 Å². The third kappa shape index (κ3) is 9.47. The van der Waals surface area contributed by atoms with Crippen molar-refractivity contribution in [1.29, 1.82) is 0 Å². The predicted molar refractivity (Wildman–Crippen MR) is 148 cm³/mol. The molecule has 198 valence electrons. The normalized spacial score (nSPS) is 10.6. The number of anilines is 1. The van der Waals surface area contributed by atoms with Gasteiger partial charge in [0.2, 0.25) is 5.91 Å². The van der Waals surface area contributed by atoms with Gasteiger partial charge in [-0.05, 0) is 72.9 Å². The second-order valence-electron chi connectivity index (χ2n) is 8.53. The Hall–Kier alpha value is -4.93. The predicted octanol–water partition coefficient (Wildman–Crippen LogP) is 1.69. The standard InChI is InChI=1S/C30H29N5O4/c1-21-5-4-8-24(17-21)19-32-20-28(36)33-26-15-11-23(12-16-26)7-3-2-6-22-9-13-25(14-10-22)29(37)34-27(18-31)30(38)35-39/h4-5,8-17,27,32,39H,18-20,31H2,1H3,(H,33,36)(H,34,37)(H,35,38)/t27-/m0/s1. The molecule has 3 amide bonds. The average Bonchev–Trinajstić information content (AvgIpc) is 2.94. The first-order valence-electron chi connectivity index (χ1n) is 12.1. The van der Waals surface area contributed by atoms with Crippen LogP contribution in [0.25, 0.3) is 0 Å². The molecule has 0 aliphatic rings. The second kappa shape index (κ2) is 14.7. The van der Waals surface area contributed by atoms with Gasteiger partial charge in [0.25, 0.3) is 11.8 Å². The van der Waals surface area contributed by atoms with Gasteiger partial charge in [-0.15, -0.1) is 0 Å². The van der Waals surface area contributed by atoms with E-state index in [2.05, 4.69) is 45.7 Å². The van der Waals surface area contributed by atoms with E-state index < -0.39 is 17.9 Å². The fourth-order valence-corrected chi connectivity index (χ4v) is 3.45. The molecule has 1 atom stereocenters. The number of hydrogen-bond acceptors (Lipinski definition) is 6. The second-order valence-corrected chi connectivity index (χ2v) is 8.53. The minimum atomic E-state index is -1.05. The molecule has 0 radical (unpaired) electrons. The van der Waals surface area contributed by atoms with Crippen molar-refractivity contribution in [3.63, 3.8) is 0 Å². The largest absolute Gasteiger partial charge is 0.339 e. The first-order chi connectivity index (χ1) is 18.9. The number of carbonyl (C=O) groups is 3. The molecule has 0 unspecified atom stereocenters. The van der Waals surface area contributed by atoms with E-state index in [0.29, 0.717) is 23.4 Å². The molecule has 3 aromatic rings. The Morgan fingerprint density at radius 3 is 2.15 bits per heavy atom. The van der Waals surface area contributed by atoms with Crippen LogP contribution in [0.15, 0.2) is 72.8 Å². The number of nitrogens with one attached hydrogen (secondary N) is 4. The van der Waals surface area contributed by atoms with Crippen LogP contribution in [0.1, 0.15) is 32.6 Å². The van der Waals surface area contributed by atoms with Gasteiger partial charge < -0.3 is 21.7 Å². The van der Waals surface area contributed by atoms with E-state index in [-0.39, 0.29) is 19.0 Å². The van der Waals surface area contributed by atoms with Crippen LogP contribution in [0.5, 0.6) is 0 Å². The van der Waals surface area contributed by atoms with Crippen LogP contribution in [0, 0.1) is 30.6 Å². The lowest BCUT2D eigenvalue weighted by Gasteiger charge is -2.14. The van der Waals surface area contributed by atoms with Crippen molar-refractivity contribution < 1.29 is 19.6 Å². The number of rotatable bonds is 9. The van der Waals surface area contributed by atoms with E-state index in [1.807, 2.05) is 25.1 Å². The molecule has 0 aromatic heterocycles. The lowest BCUT2D eigenvalue weighted by molar-refractivity contribution is -0.130. The Kier molecular flexibility index (Phi) is 10.8. The van der Waals surface area contributed by atoms with Crippen LogP contribution in [0.3, 0.4) is 0 Å². The zero-order chi connectivity index (χ0) is 28.0. The SMILES string of the molecule is Cc1cccc(CNCC(=O)Nc2ccc(C#CC#Cc3ccc(C(=O)N[C@@H](CN)C(=O)NO)cc3)cc2)c1. The maximum Gasteiger partial charge on any atom is 0.267 e. The molecule has 0 fully saturated rings. The summed E-state index contributed by atoms with van der Waals surface area (Å²) >= 11 is 0. The molecule has 0 aliphatic heterocycles. The average molecular weight is 524 g/mol. The molecular formula is C30H29N5O4. The Morgan fingerprint density at radius 1 is 0.923 bits per heavy atom. The minimum absolute atomic E-state index is 0.134. The van der Waals surface area contributed by atoms with Crippen molar-refractivity contribution in [1.82, 2.24) is 16.1 Å². The van der Waals surface area contributed by atoms with Crippen molar-refractivity contribution >= 4 is 23.4 Å². The van der Waals surface area contributed by atoms with Crippen LogP contribution < -0.4 is 27.2 Å². The fourth-order valence-electron chi connectivity index (χ4n) is 3.45. The first kappa shape index (κ1) is 28.6. The molecule has 0 saturated carbocycles. The summed E-state index contributed by atoms with van der Waals surface area (Å²) in [4.78, 5) is 35.9. The van der Waals surface area contributed by atoms with Crippen molar-refractivity contribution in [2.24, 2.45) is 5.73 Å². The molecule has 7 N–H and O–H groups in total. The highest BCUT2D eigenvalue weighted by atomic mass is 16.5. The monoisotopic (exact) mass is 523 g/mol. The van der Waals surface area contributed by atoms with Crippen LogP contribution in [0.4, 0.5) is 5.69 Å². The van der Waals surface area contributed by atoms with Crippen LogP contribution >= 0.6 is 0 Å². The number of carbonyl (C=O) groups excluding carboxylic acids is 3. The number of amides is 3. The minimum Gasteiger partial charge on any atom is -0.339 e. The number of nitrogens with two attached hydrogens (primary N) is 1. The molecule has 0 heterocycles.